The van der Waals surface area contributed by atoms with Gasteiger partial charge in [-0.3, -0.25) is 5.10 Å². The largest absolute Gasteiger partial charge is 0.489 e. The number of halogens is 1. The molecule has 0 aliphatic rings. The first-order valence-electron chi connectivity index (χ1n) is 7.99. The number of aromatic amines is 2. The molecule has 0 aliphatic heterocycles. The average molecular weight is 389 g/mol. The van der Waals surface area contributed by atoms with Crippen LogP contribution in [0.1, 0.15) is 24.2 Å². The third-order valence-electron chi connectivity index (χ3n) is 3.86. The van der Waals surface area contributed by atoms with Gasteiger partial charge in [-0.1, -0.05) is 0 Å². The van der Waals surface area contributed by atoms with E-state index in [0.717, 1.165) is 10.9 Å². The van der Waals surface area contributed by atoms with E-state index in [2.05, 4.69) is 30.5 Å². The van der Waals surface area contributed by atoms with Crippen LogP contribution in [0.25, 0.3) is 21.9 Å². The minimum atomic E-state index is -1.06. The zero-order valence-electron chi connectivity index (χ0n) is 14.5. The van der Waals surface area contributed by atoms with Crippen molar-refractivity contribution in [3.63, 3.8) is 0 Å². The molecular formula is C17H17ClN6O3. The minimum Gasteiger partial charge on any atom is -0.489 e. The van der Waals surface area contributed by atoms with E-state index in [4.69, 9.17) is 4.74 Å². The van der Waals surface area contributed by atoms with Crippen molar-refractivity contribution in [1.29, 1.82) is 0 Å². The number of carboxylic acids is 1. The van der Waals surface area contributed by atoms with Crippen LogP contribution in [0.2, 0.25) is 0 Å². The molecule has 9 nitrogen and oxygen atoms in total. The normalized spacial score (nSPS) is 10.9. The second kappa shape index (κ2) is 7.12. The monoisotopic (exact) mass is 388 g/mol. The molecule has 0 amide bonds. The maximum Gasteiger partial charge on any atom is 0.338 e. The van der Waals surface area contributed by atoms with Gasteiger partial charge in [0.15, 0.2) is 0 Å². The van der Waals surface area contributed by atoms with Gasteiger partial charge in [-0.05, 0) is 19.9 Å². The smallest absolute Gasteiger partial charge is 0.338 e. The summed E-state index contributed by atoms with van der Waals surface area (Å²) in [5, 5.41) is 20.8. The van der Waals surface area contributed by atoms with Crippen LogP contribution in [0.4, 0.5) is 11.5 Å². The predicted octanol–water partition coefficient (Wildman–Crippen LogP) is 3.49. The zero-order chi connectivity index (χ0) is 18.3. The SMILES string of the molecule is CC(C)Oc1cc2[nH]ncc2cc1Nc1ncnc2[nH]cc(C(=O)O)c12.Cl. The van der Waals surface area contributed by atoms with Gasteiger partial charge < -0.3 is 20.1 Å². The van der Waals surface area contributed by atoms with Crippen molar-refractivity contribution in [3.8, 4) is 5.75 Å². The van der Waals surface area contributed by atoms with Crippen molar-refractivity contribution in [1.82, 2.24) is 25.1 Å². The Morgan fingerprint density at radius 1 is 1.30 bits per heavy atom. The third kappa shape index (κ3) is 3.36. The first-order valence-corrected chi connectivity index (χ1v) is 7.99. The Labute approximate surface area is 159 Å². The van der Waals surface area contributed by atoms with Crippen LogP contribution < -0.4 is 10.1 Å². The number of aromatic carboxylic acids is 1. The van der Waals surface area contributed by atoms with E-state index in [1.54, 1.807) is 6.20 Å². The number of hydrogen-bond donors (Lipinski definition) is 4. The molecule has 4 rings (SSSR count). The molecule has 0 bridgehead atoms. The van der Waals surface area contributed by atoms with Crippen LogP contribution >= 0.6 is 12.4 Å². The van der Waals surface area contributed by atoms with Gasteiger partial charge in [0.1, 0.15) is 23.5 Å². The lowest BCUT2D eigenvalue weighted by molar-refractivity contribution is 0.0699. The van der Waals surface area contributed by atoms with Gasteiger partial charge in [0.05, 0.1) is 34.5 Å². The quantitative estimate of drug-likeness (QED) is 0.412. The number of ether oxygens (including phenoxy) is 1. The zero-order valence-corrected chi connectivity index (χ0v) is 15.3. The van der Waals surface area contributed by atoms with Gasteiger partial charge in [0.2, 0.25) is 0 Å². The van der Waals surface area contributed by atoms with Crippen LogP contribution in [0, 0.1) is 0 Å². The number of rotatable bonds is 5. The van der Waals surface area contributed by atoms with E-state index in [0.29, 0.717) is 28.3 Å². The van der Waals surface area contributed by atoms with Gasteiger partial charge >= 0.3 is 5.97 Å². The molecule has 4 N–H and O–H groups in total. The molecule has 0 aliphatic carbocycles. The first kappa shape index (κ1) is 18.5. The van der Waals surface area contributed by atoms with Crippen LogP contribution in [0.5, 0.6) is 5.75 Å². The fraction of sp³-hybridized carbons (Fsp3) is 0.176. The van der Waals surface area contributed by atoms with E-state index in [1.807, 2.05) is 26.0 Å². The number of nitrogens with zero attached hydrogens (tertiary/aromatic N) is 3. The Bertz CT molecular complexity index is 1120. The molecule has 0 spiro atoms. The molecule has 10 heteroatoms. The third-order valence-corrected chi connectivity index (χ3v) is 3.86. The molecule has 0 fully saturated rings. The van der Waals surface area contributed by atoms with Gasteiger partial charge in [-0.2, -0.15) is 5.10 Å². The molecule has 3 aromatic heterocycles. The van der Waals surface area contributed by atoms with Crippen LogP contribution in [-0.2, 0) is 0 Å². The lowest BCUT2D eigenvalue weighted by atomic mass is 10.2. The van der Waals surface area contributed by atoms with Gasteiger partial charge in [-0.15, -0.1) is 12.4 Å². The summed E-state index contributed by atoms with van der Waals surface area (Å²) in [6.07, 6.45) is 4.43. The number of aromatic nitrogens is 5. The molecule has 3 heterocycles. The summed E-state index contributed by atoms with van der Waals surface area (Å²) < 4.78 is 5.89. The number of fused-ring (bicyclic) bond motifs is 2. The summed E-state index contributed by atoms with van der Waals surface area (Å²) in [6.45, 7) is 3.86. The maximum absolute atomic E-state index is 11.5. The fourth-order valence-corrected chi connectivity index (χ4v) is 2.77. The molecule has 27 heavy (non-hydrogen) atoms. The molecule has 0 saturated carbocycles. The highest BCUT2D eigenvalue weighted by atomic mass is 35.5. The Morgan fingerprint density at radius 3 is 2.85 bits per heavy atom. The summed E-state index contributed by atoms with van der Waals surface area (Å²) in [4.78, 5) is 22.6. The van der Waals surface area contributed by atoms with Crippen molar-refractivity contribution in [3.05, 3.63) is 36.4 Å². The van der Waals surface area contributed by atoms with E-state index < -0.39 is 5.97 Å². The molecule has 0 atom stereocenters. The summed E-state index contributed by atoms with van der Waals surface area (Å²) in [7, 11) is 0. The Balaban J connectivity index is 0.00000210. The second-order valence-electron chi connectivity index (χ2n) is 6.05. The van der Waals surface area contributed by atoms with Crippen molar-refractivity contribution in [2.75, 3.05) is 5.32 Å². The Morgan fingerprint density at radius 2 is 2.11 bits per heavy atom. The summed E-state index contributed by atoms with van der Waals surface area (Å²) in [5.41, 5.74) is 2.03. The summed E-state index contributed by atoms with van der Waals surface area (Å²) in [6, 6.07) is 3.72. The maximum atomic E-state index is 11.5. The average Bonchev–Trinajstić information content (AvgIpc) is 3.21. The highest BCUT2D eigenvalue weighted by Crippen LogP contribution is 2.34. The number of carboxylic acid groups (broad SMARTS) is 1. The standard InChI is InChI=1S/C17H16N6O3.ClH/c1-8(2)26-13-4-11-9(5-21-23-11)3-12(13)22-16-14-10(17(24)25)6-18-15(14)19-7-20-16;/h3-8H,1-2H3,(H,21,23)(H,24,25)(H2,18,19,20,22);1H. The summed E-state index contributed by atoms with van der Waals surface area (Å²) in [5.74, 6) is -0.0703. The number of H-pyrrole nitrogens is 2. The topological polar surface area (TPSA) is 129 Å². The van der Waals surface area contributed by atoms with E-state index in [1.165, 1.54) is 12.5 Å². The highest BCUT2D eigenvalue weighted by molar-refractivity contribution is 6.07. The molecule has 4 aromatic rings. The fourth-order valence-electron chi connectivity index (χ4n) is 2.77. The van der Waals surface area contributed by atoms with Crippen molar-refractivity contribution >= 4 is 51.8 Å². The van der Waals surface area contributed by atoms with Crippen LogP contribution in [-0.4, -0.2) is 42.3 Å². The molecular weight excluding hydrogens is 372 g/mol. The van der Waals surface area contributed by atoms with Gasteiger partial charge in [0.25, 0.3) is 0 Å². The van der Waals surface area contributed by atoms with Gasteiger partial charge in [0, 0.05) is 17.6 Å². The molecule has 1 aromatic carbocycles. The number of nitrogens with one attached hydrogen (secondary N) is 3. The second-order valence-corrected chi connectivity index (χ2v) is 6.05. The highest BCUT2D eigenvalue weighted by Gasteiger charge is 2.18. The number of anilines is 2. The Kier molecular flexibility index (Phi) is 4.87. The van der Waals surface area contributed by atoms with Crippen molar-refractivity contribution in [2.24, 2.45) is 0 Å². The first-order chi connectivity index (χ1) is 12.5. The Hall–Kier alpha value is -3.33. The number of benzene rings is 1. The lowest BCUT2D eigenvalue weighted by Gasteiger charge is -2.16. The van der Waals surface area contributed by atoms with E-state index >= 15 is 0 Å². The van der Waals surface area contributed by atoms with E-state index in [9.17, 15) is 9.90 Å². The molecule has 140 valence electrons. The van der Waals surface area contributed by atoms with E-state index in [-0.39, 0.29) is 24.1 Å². The van der Waals surface area contributed by atoms with Gasteiger partial charge in [-0.25, -0.2) is 14.8 Å². The molecule has 0 unspecified atom stereocenters. The number of hydrogen-bond acceptors (Lipinski definition) is 6. The summed E-state index contributed by atoms with van der Waals surface area (Å²) >= 11 is 0. The van der Waals surface area contributed by atoms with Crippen molar-refractivity contribution < 1.29 is 14.6 Å². The molecule has 0 saturated heterocycles. The lowest BCUT2D eigenvalue weighted by Crippen LogP contribution is -2.08. The molecule has 0 radical (unpaired) electrons. The predicted molar refractivity (Wildman–Crippen MR) is 103 cm³/mol. The number of carbonyl (C=O) groups is 1. The minimum absolute atomic E-state index is 0. The van der Waals surface area contributed by atoms with Crippen LogP contribution in [0.15, 0.2) is 30.9 Å². The van der Waals surface area contributed by atoms with Crippen LogP contribution in [0.3, 0.4) is 0 Å². The van der Waals surface area contributed by atoms with Crippen molar-refractivity contribution in [2.45, 2.75) is 20.0 Å².